The molecule has 2 unspecified atom stereocenters. The maximum Gasteiger partial charge on any atom is 0.306 e. The van der Waals surface area contributed by atoms with Gasteiger partial charge in [0.15, 0.2) is 12.4 Å². The van der Waals surface area contributed by atoms with Crippen LogP contribution in [0.5, 0.6) is 0 Å². The molecule has 9 nitrogen and oxygen atoms in total. The fourth-order valence-electron chi connectivity index (χ4n) is 13.0. The van der Waals surface area contributed by atoms with Crippen LogP contribution in [0.3, 0.4) is 0 Å². The Hall–Kier alpha value is -2.75. The molecule has 0 radical (unpaired) electrons. The van der Waals surface area contributed by atoms with Gasteiger partial charge in [-0.25, -0.2) is 0 Å². The van der Waals surface area contributed by atoms with E-state index >= 15 is 0 Å². The van der Waals surface area contributed by atoms with Crippen molar-refractivity contribution in [2.45, 2.75) is 450 Å². The molecule has 0 amide bonds. The number of carboxylic acids is 1. The van der Waals surface area contributed by atoms with Gasteiger partial charge in [0.05, 0.1) is 40.3 Å². The molecular weight excluding hydrogens is 1200 g/mol. The van der Waals surface area contributed by atoms with Gasteiger partial charge in [0.2, 0.25) is 0 Å². The molecule has 0 aromatic carbocycles. The molecule has 9 heteroatoms. The minimum absolute atomic E-state index is 0.151. The summed E-state index contributed by atoms with van der Waals surface area (Å²) in [7, 11) is 5.96. The van der Waals surface area contributed by atoms with Crippen molar-refractivity contribution < 1.29 is 42.9 Å². The lowest BCUT2D eigenvalue weighted by molar-refractivity contribution is -0.870. The minimum atomic E-state index is -1.62. The number of carbonyl (C=O) groups is 3. The van der Waals surface area contributed by atoms with E-state index in [0.717, 1.165) is 51.4 Å². The molecule has 0 aromatic heterocycles. The second-order valence-corrected chi connectivity index (χ2v) is 30.5. The Balaban J connectivity index is 3.94. The Bertz CT molecular complexity index is 1730. The van der Waals surface area contributed by atoms with Crippen LogP contribution in [0.25, 0.3) is 0 Å². The molecule has 0 aliphatic rings. The zero-order valence-corrected chi connectivity index (χ0v) is 65.5. The Kier molecular flexibility index (Phi) is 76.7. The number of rotatable bonds is 81. The number of nitrogens with zero attached hydrogens (tertiary/aromatic N) is 1. The van der Waals surface area contributed by atoms with E-state index in [-0.39, 0.29) is 32.2 Å². The van der Waals surface area contributed by atoms with E-state index in [9.17, 15) is 19.5 Å². The highest BCUT2D eigenvalue weighted by molar-refractivity contribution is 5.70. The lowest BCUT2D eigenvalue weighted by Gasteiger charge is -2.26. The summed E-state index contributed by atoms with van der Waals surface area (Å²) in [6, 6.07) is 0. The molecule has 0 rings (SSSR count). The average molecular weight is 1370 g/mol. The number of ether oxygens (including phenoxy) is 4. The van der Waals surface area contributed by atoms with Crippen LogP contribution in [0.1, 0.15) is 438 Å². The first-order valence-electron chi connectivity index (χ1n) is 42.8. The Morgan fingerprint density at radius 2 is 0.557 bits per heavy atom. The zero-order valence-electron chi connectivity index (χ0n) is 65.5. The second kappa shape index (κ2) is 79.0. The maximum absolute atomic E-state index is 13.0. The van der Waals surface area contributed by atoms with E-state index in [4.69, 9.17) is 18.9 Å². The summed E-state index contributed by atoms with van der Waals surface area (Å²) in [6.07, 6.45) is 101. The summed E-state index contributed by atoms with van der Waals surface area (Å²) < 4.78 is 22.9. The van der Waals surface area contributed by atoms with Crippen molar-refractivity contribution in [3.05, 3.63) is 48.6 Å². The van der Waals surface area contributed by atoms with Crippen LogP contribution in [-0.4, -0.2) is 82.3 Å². The number of quaternary nitrogens is 1. The molecule has 570 valence electrons. The number of aliphatic carboxylic acids is 1. The van der Waals surface area contributed by atoms with Crippen molar-refractivity contribution in [1.29, 1.82) is 0 Å². The summed E-state index contributed by atoms with van der Waals surface area (Å²) in [6.45, 7) is 4.82. The van der Waals surface area contributed by atoms with Crippen LogP contribution in [0.2, 0.25) is 0 Å². The zero-order chi connectivity index (χ0) is 70.4. The molecular formula is C88H165NO8. The Labute approximate surface area is 603 Å². The monoisotopic (exact) mass is 1360 g/mol. The number of carbonyl (C=O) groups excluding carboxylic acids is 3. The highest BCUT2D eigenvalue weighted by Gasteiger charge is 2.22. The molecule has 0 saturated carbocycles. The number of likely N-dealkylation sites (N-methyl/N-ethyl adjacent to an activating group) is 1. The molecule has 0 aliphatic heterocycles. The normalized spacial score (nSPS) is 12.8. The van der Waals surface area contributed by atoms with Crippen LogP contribution in [0.15, 0.2) is 48.6 Å². The summed E-state index contributed by atoms with van der Waals surface area (Å²) >= 11 is 0. The van der Waals surface area contributed by atoms with E-state index in [1.165, 1.54) is 360 Å². The number of carboxylic acid groups (broad SMARTS) is 1. The molecule has 0 N–H and O–H groups in total. The van der Waals surface area contributed by atoms with Crippen molar-refractivity contribution >= 4 is 17.9 Å². The average Bonchev–Trinajstić information content (AvgIpc) is 3.11. The van der Waals surface area contributed by atoms with Crippen LogP contribution in [0, 0.1) is 0 Å². The van der Waals surface area contributed by atoms with Gasteiger partial charge in [-0.15, -0.1) is 0 Å². The van der Waals surface area contributed by atoms with Crippen LogP contribution >= 0.6 is 0 Å². The minimum Gasteiger partial charge on any atom is -0.545 e. The lowest BCUT2D eigenvalue weighted by atomic mass is 10.0. The molecule has 2 atom stereocenters. The van der Waals surface area contributed by atoms with Crippen molar-refractivity contribution in [2.24, 2.45) is 0 Å². The Morgan fingerprint density at radius 3 is 0.835 bits per heavy atom. The van der Waals surface area contributed by atoms with Crippen molar-refractivity contribution in [1.82, 2.24) is 0 Å². The summed E-state index contributed by atoms with van der Waals surface area (Å²) in [5.74, 6) is -2.25. The van der Waals surface area contributed by atoms with Gasteiger partial charge in [0.25, 0.3) is 0 Å². The third-order valence-electron chi connectivity index (χ3n) is 19.5. The topological polar surface area (TPSA) is 111 Å². The molecule has 97 heavy (non-hydrogen) atoms. The number of esters is 2. The molecule has 0 aromatic rings. The summed E-state index contributed by atoms with van der Waals surface area (Å²) in [4.78, 5) is 37.7. The van der Waals surface area contributed by atoms with Gasteiger partial charge in [0, 0.05) is 12.8 Å². The number of hydrogen-bond donors (Lipinski definition) is 0. The highest BCUT2D eigenvalue weighted by atomic mass is 16.7. The van der Waals surface area contributed by atoms with Crippen molar-refractivity contribution in [3.8, 4) is 0 Å². The third-order valence-corrected chi connectivity index (χ3v) is 19.5. The van der Waals surface area contributed by atoms with Crippen molar-refractivity contribution in [3.63, 3.8) is 0 Å². The maximum atomic E-state index is 13.0. The van der Waals surface area contributed by atoms with Crippen molar-refractivity contribution in [2.75, 3.05) is 47.5 Å². The first-order chi connectivity index (χ1) is 47.6. The second-order valence-electron chi connectivity index (χ2n) is 30.5. The Morgan fingerprint density at radius 1 is 0.309 bits per heavy atom. The van der Waals surface area contributed by atoms with E-state index in [2.05, 4.69) is 62.5 Å². The SMILES string of the molecule is CCCCCCC/C=C\C/C=C\C/C=C\CCCCCCCCCCCCCCCCCCCCCCCCC(=O)OC(COC(=O)CCCCCCCCCCCCCCCCCCCCCCCCC/C=C\CCCCCCCCCC)COC(OCC[N+](C)(C)C)C(=O)[O-]. The van der Waals surface area contributed by atoms with Gasteiger partial charge in [-0.1, -0.05) is 396 Å². The quantitative estimate of drug-likeness (QED) is 0.0195. The van der Waals surface area contributed by atoms with Gasteiger partial charge in [-0.3, -0.25) is 9.59 Å². The number of allylic oxidation sites excluding steroid dienone is 8. The molecule has 0 bridgehead atoms. The van der Waals surface area contributed by atoms with E-state index < -0.39 is 24.3 Å². The third kappa shape index (κ3) is 80.4. The van der Waals surface area contributed by atoms with Gasteiger partial charge in [0.1, 0.15) is 13.2 Å². The molecule has 0 fully saturated rings. The van der Waals surface area contributed by atoms with Crippen LogP contribution in [-0.2, 0) is 33.3 Å². The largest absolute Gasteiger partial charge is 0.545 e. The predicted octanol–water partition coefficient (Wildman–Crippen LogP) is 26.3. The number of hydrogen-bond acceptors (Lipinski definition) is 8. The smallest absolute Gasteiger partial charge is 0.306 e. The van der Waals surface area contributed by atoms with Crippen LogP contribution < -0.4 is 5.11 Å². The fraction of sp³-hybridized carbons (Fsp3) is 0.875. The highest BCUT2D eigenvalue weighted by Crippen LogP contribution is 2.20. The predicted molar refractivity (Wildman–Crippen MR) is 417 cm³/mol. The van der Waals surface area contributed by atoms with Gasteiger partial charge in [-0.05, 0) is 77.0 Å². The van der Waals surface area contributed by atoms with Crippen LogP contribution in [0.4, 0.5) is 0 Å². The molecule has 0 saturated heterocycles. The van der Waals surface area contributed by atoms with Gasteiger partial charge < -0.3 is 33.3 Å². The molecule has 0 aliphatic carbocycles. The summed E-state index contributed by atoms with van der Waals surface area (Å²) in [5.41, 5.74) is 0. The van der Waals surface area contributed by atoms with E-state index in [1.54, 1.807) is 0 Å². The van der Waals surface area contributed by atoms with Gasteiger partial charge >= 0.3 is 11.9 Å². The summed E-state index contributed by atoms with van der Waals surface area (Å²) in [5, 5.41) is 11.9. The number of unbranched alkanes of at least 4 members (excludes halogenated alkanes) is 58. The standard InChI is InChI=1S/C88H165NO8/c1-6-8-10-12-14-16-18-20-22-24-26-28-30-32-34-36-38-40-42-43-45-47-49-51-53-55-57-59-61-63-65-67-69-71-73-75-77-79-86(91)97-84(83-96-88(87(92)93)94-81-80-89(3,4)5)82-95-85(90)78-76-74-72-70-68-66-64-62-60-58-56-54-52-50-48-46-44-41-39-37-35-33-31-29-27-25-23-21-19-17-15-13-11-9-7-2/h18,20,24-27,30,32,84,88H,6-17,19,21-23,28-29,31,33-83H2,1-5H3/b20-18-,26-24-,27-25-,32-30-. The molecule has 0 spiro atoms. The van der Waals surface area contributed by atoms with E-state index in [0.29, 0.717) is 17.4 Å². The van der Waals surface area contributed by atoms with E-state index in [1.807, 2.05) is 21.1 Å². The first-order valence-corrected chi connectivity index (χ1v) is 42.8. The van der Waals surface area contributed by atoms with Gasteiger partial charge in [-0.2, -0.15) is 0 Å². The fourth-order valence-corrected chi connectivity index (χ4v) is 13.0. The molecule has 0 heterocycles. The first kappa shape index (κ1) is 94.2. The lowest BCUT2D eigenvalue weighted by Crippen LogP contribution is -2.44.